The molecule has 2 heterocycles. The Hall–Kier alpha value is -1.56. The third kappa shape index (κ3) is 4.96. The van der Waals surface area contributed by atoms with Crippen LogP contribution < -0.4 is 5.32 Å². The number of ether oxygens (including phenoxy) is 1. The Morgan fingerprint density at radius 1 is 1.43 bits per heavy atom. The van der Waals surface area contributed by atoms with Crippen LogP contribution in [0.15, 0.2) is 17.6 Å². The molecule has 1 N–H and O–H groups in total. The molecule has 1 spiro atoms. The first-order chi connectivity index (χ1) is 11.1. The van der Waals surface area contributed by atoms with Crippen molar-refractivity contribution in [3.63, 3.8) is 0 Å². The van der Waals surface area contributed by atoms with Gasteiger partial charge in [0, 0.05) is 45.8 Å². The second-order valence-electron chi connectivity index (χ2n) is 6.78. The van der Waals surface area contributed by atoms with Gasteiger partial charge in [-0.05, 0) is 25.7 Å². The number of likely N-dealkylation sites (N-methyl/N-ethyl adjacent to an activating group) is 1. The predicted octanol–water partition coefficient (Wildman–Crippen LogP) is 1.10. The molecule has 0 bridgehead atoms. The number of nitrogens with one attached hydrogen (secondary N) is 1. The summed E-state index contributed by atoms with van der Waals surface area (Å²) >= 11 is 0. The predicted molar refractivity (Wildman–Crippen MR) is 92.5 cm³/mol. The molecule has 0 aromatic carbocycles. The zero-order valence-corrected chi connectivity index (χ0v) is 14.5. The molecular weight excluding hydrogens is 292 g/mol. The van der Waals surface area contributed by atoms with Gasteiger partial charge in [-0.2, -0.15) is 0 Å². The van der Waals surface area contributed by atoms with Crippen molar-refractivity contribution < 1.29 is 9.53 Å². The number of hydrogen-bond acceptors (Lipinski definition) is 3. The number of hydrogen-bond donors (Lipinski definition) is 1. The quantitative estimate of drug-likeness (QED) is 0.478. The van der Waals surface area contributed by atoms with Crippen LogP contribution in [0, 0.1) is 5.41 Å². The maximum Gasteiger partial charge on any atom is 0.243 e. The molecule has 2 aliphatic heterocycles. The zero-order valence-electron chi connectivity index (χ0n) is 14.5. The number of guanidine groups is 1. The minimum atomic E-state index is 0.00984. The largest absolute Gasteiger partial charge is 0.381 e. The van der Waals surface area contributed by atoms with Crippen LogP contribution in [0.3, 0.4) is 0 Å². The standard InChI is InChI=1S/C17H30N4O2/c1-4-9-18-16(19-12-15(22)20(2)3)21-10-5-7-17(13-21)8-6-11-23-14-17/h4H,1,5-14H2,2-3H3,(H,18,19). The van der Waals surface area contributed by atoms with Gasteiger partial charge >= 0.3 is 0 Å². The summed E-state index contributed by atoms with van der Waals surface area (Å²) in [5.74, 6) is 0.820. The number of amides is 1. The van der Waals surface area contributed by atoms with E-state index in [1.54, 1.807) is 19.0 Å². The van der Waals surface area contributed by atoms with E-state index in [1.165, 1.54) is 12.8 Å². The van der Waals surface area contributed by atoms with Gasteiger partial charge in [0.2, 0.25) is 5.91 Å². The van der Waals surface area contributed by atoms with Crippen LogP contribution in [0.2, 0.25) is 0 Å². The van der Waals surface area contributed by atoms with Crippen molar-refractivity contribution in [2.24, 2.45) is 10.4 Å². The van der Waals surface area contributed by atoms with E-state index in [9.17, 15) is 4.79 Å². The van der Waals surface area contributed by atoms with Gasteiger partial charge in [-0.3, -0.25) is 4.79 Å². The summed E-state index contributed by atoms with van der Waals surface area (Å²) in [4.78, 5) is 20.2. The maximum absolute atomic E-state index is 11.8. The van der Waals surface area contributed by atoms with Gasteiger partial charge in [0.1, 0.15) is 6.54 Å². The first kappa shape index (κ1) is 17.8. The summed E-state index contributed by atoms with van der Waals surface area (Å²) < 4.78 is 5.74. The number of carbonyl (C=O) groups is 1. The van der Waals surface area contributed by atoms with Gasteiger partial charge in [0.05, 0.1) is 6.61 Å². The molecule has 6 heteroatoms. The molecule has 0 aliphatic carbocycles. The highest BCUT2D eigenvalue weighted by Gasteiger charge is 2.38. The lowest BCUT2D eigenvalue weighted by atomic mass is 9.76. The van der Waals surface area contributed by atoms with E-state index in [-0.39, 0.29) is 17.9 Å². The molecule has 0 aromatic rings. The van der Waals surface area contributed by atoms with Gasteiger partial charge in [0.25, 0.3) is 0 Å². The highest BCUT2D eigenvalue weighted by molar-refractivity contribution is 5.85. The second kappa shape index (κ2) is 8.34. The second-order valence-corrected chi connectivity index (χ2v) is 6.78. The van der Waals surface area contributed by atoms with E-state index >= 15 is 0 Å². The minimum absolute atomic E-state index is 0.00984. The summed E-state index contributed by atoms with van der Waals surface area (Å²) in [7, 11) is 3.51. The number of rotatable bonds is 4. The Kier molecular flexibility index (Phi) is 6.45. The Balaban J connectivity index is 2.05. The molecule has 23 heavy (non-hydrogen) atoms. The highest BCUT2D eigenvalue weighted by atomic mass is 16.5. The lowest BCUT2D eigenvalue weighted by molar-refractivity contribution is -0.127. The Bertz CT molecular complexity index is 436. The molecule has 0 saturated carbocycles. The first-order valence-electron chi connectivity index (χ1n) is 8.48. The zero-order chi connectivity index (χ0) is 16.7. The molecular formula is C17H30N4O2. The fourth-order valence-corrected chi connectivity index (χ4v) is 3.34. The van der Waals surface area contributed by atoms with E-state index < -0.39 is 0 Å². The average molecular weight is 322 g/mol. The molecule has 2 rings (SSSR count). The topological polar surface area (TPSA) is 57.2 Å². The molecule has 0 radical (unpaired) electrons. The molecule has 1 amide bonds. The van der Waals surface area contributed by atoms with Crippen LogP contribution in [0.1, 0.15) is 25.7 Å². The fourth-order valence-electron chi connectivity index (χ4n) is 3.34. The number of nitrogens with zero attached hydrogens (tertiary/aromatic N) is 3. The van der Waals surface area contributed by atoms with Crippen molar-refractivity contribution in [1.29, 1.82) is 0 Å². The van der Waals surface area contributed by atoms with Crippen LogP contribution in [-0.2, 0) is 9.53 Å². The normalized spacial score (nSPS) is 25.3. The molecule has 2 fully saturated rings. The Labute approximate surface area is 139 Å². The minimum Gasteiger partial charge on any atom is -0.381 e. The van der Waals surface area contributed by atoms with Gasteiger partial charge in [-0.1, -0.05) is 6.08 Å². The summed E-state index contributed by atoms with van der Waals surface area (Å²) in [5.41, 5.74) is 0.249. The van der Waals surface area contributed by atoms with Gasteiger partial charge < -0.3 is 19.9 Å². The van der Waals surface area contributed by atoms with Crippen LogP contribution in [0.4, 0.5) is 0 Å². The van der Waals surface area contributed by atoms with Gasteiger partial charge in [-0.15, -0.1) is 6.58 Å². The van der Waals surface area contributed by atoms with Crippen LogP contribution >= 0.6 is 0 Å². The van der Waals surface area contributed by atoms with E-state index in [0.29, 0.717) is 6.54 Å². The molecule has 0 aromatic heterocycles. The summed E-state index contributed by atoms with van der Waals surface area (Å²) in [6, 6.07) is 0. The van der Waals surface area contributed by atoms with Crippen molar-refractivity contribution in [3.05, 3.63) is 12.7 Å². The van der Waals surface area contributed by atoms with Crippen LogP contribution in [0.25, 0.3) is 0 Å². The Morgan fingerprint density at radius 3 is 2.87 bits per heavy atom. The Morgan fingerprint density at radius 2 is 2.22 bits per heavy atom. The van der Waals surface area contributed by atoms with Crippen molar-refractivity contribution >= 4 is 11.9 Å². The summed E-state index contributed by atoms with van der Waals surface area (Å²) in [6.07, 6.45) is 6.52. The van der Waals surface area contributed by atoms with E-state index in [0.717, 1.165) is 45.1 Å². The lowest BCUT2D eigenvalue weighted by Gasteiger charge is -2.45. The third-order valence-corrected chi connectivity index (χ3v) is 4.63. The fraction of sp³-hybridized carbons (Fsp3) is 0.765. The SMILES string of the molecule is C=CCNC(=NCC(=O)N(C)C)N1CCCC2(CCCOC2)C1. The third-order valence-electron chi connectivity index (χ3n) is 4.63. The molecule has 130 valence electrons. The van der Waals surface area contributed by atoms with Gasteiger partial charge in [0.15, 0.2) is 5.96 Å². The smallest absolute Gasteiger partial charge is 0.243 e. The maximum atomic E-state index is 11.8. The van der Waals surface area contributed by atoms with E-state index in [4.69, 9.17) is 4.74 Å². The lowest BCUT2D eigenvalue weighted by Crippen LogP contribution is -2.53. The van der Waals surface area contributed by atoms with Crippen molar-refractivity contribution in [2.75, 3.05) is 53.5 Å². The first-order valence-corrected chi connectivity index (χ1v) is 8.48. The van der Waals surface area contributed by atoms with Gasteiger partial charge in [-0.25, -0.2) is 4.99 Å². The van der Waals surface area contributed by atoms with Crippen LogP contribution in [0.5, 0.6) is 0 Å². The number of carbonyl (C=O) groups excluding carboxylic acids is 1. The van der Waals surface area contributed by atoms with E-state index in [2.05, 4.69) is 21.8 Å². The molecule has 2 aliphatic rings. The van der Waals surface area contributed by atoms with Crippen molar-refractivity contribution in [1.82, 2.24) is 15.1 Å². The molecule has 6 nitrogen and oxygen atoms in total. The van der Waals surface area contributed by atoms with E-state index in [1.807, 2.05) is 6.08 Å². The molecule has 1 unspecified atom stereocenters. The summed E-state index contributed by atoms with van der Waals surface area (Å²) in [5, 5.41) is 3.30. The molecule has 2 saturated heterocycles. The van der Waals surface area contributed by atoms with Crippen LogP contribution in [-0.4, -0.2) is 75.2 Å². The molecule has 1 atom stereocenters. The average Bonchev–Trinajstić information content (AvgIpc) is 2.55. The highest BCUT2D eigenvalue weighted by Crippen LogP contribution is 2.37. The number of aliphatic imine (C=N–C) groups is 1. The monoisotopic (exact) mass is 322 g/mol. The van der Waals surface area contributed by atoms with Crippen molar-refractivity contribution in [2.45, 2.75) is 25.7 Å². The summed E-state index contributed by atoms with van der Waals surface area (Å²) in [6.45, 7) is 8.22. The number of likely N-dealkylation sites (tertiary alicyclic amines) is 1. The van der Waals surface area contributed by atoms with Crippen molar-refractivity contribution in [3.8, 4) is 0 Å². The number of piperidine rings is 1.